The van der Waals surface area contributed by atoms with Crippen LogP contribution < -0.4 is 15.5 Å². The van der Waals surface area contributed by atoms with Crippen LogP contribution in [0.5, 0.6) is 0 Å². The quantitative estimate of drug-likeness (QED) is 0.415. The maximum absolute atomic E-state index is 13.2. The van der Waals surface area contributed by atoms with E-state index in [-0.39, 0.29) is 24.9 Å². The molecule has 13 heteroatoms. The number of rotatable bonds is 8. The number of amides is 1. The normalized spacial score (nSPS) is 13.9. The Hall–Kier alpha value is -3.58. The van der Waals surface area contributed by atoms with Gasteiger partial charge in [0.25, 0.3) is 0 Å². The van der Waals surface area contributed by atoms with Gasteiger partial charge in [-0.3, -0.25) is 9.69 Å². The number of anilines is 3. The summed E-state index contributed by atoms with van der Waals surface area (Å²) in [6.07, 6.45) is 3.28. The van der Waals surface area contributed by atoms with Gasteiger partial charge in [-0.1, -0.05) is 0 Å². The van der Waals surface area contributed by atoms with Gasteiger partial charge in [0.05, 0.1) is 35.6 Å². The van der Waals surface area contributed by atoms with E-state index in [0.29, 0.717) is 61.2 Å². The van der Waals surface area contributed by atoms with Crippen molar-refractivity contribution in [3.8, 4) is 11.4 Å². The van der Waals surface area contributed by atoms with Crippen LogP contribution in [0.1, 0.15) is 40.5 Å². The Morgan fingerprint density at radius 3 is 2.55 bits per heavy atom. The lowest BCUT2D eigenvalue weighted by atomic mass is 10.2. The number of aromatic nitrogens is 4. The molecule has 38 heavy (non-hydrogen) atoms. The Labute approximate surface area is 225 Å². The molecule has 0 bridgehead atoms. The molecule has 204 valence electrons. The van der Waals surface area contributed by atoms with Crippen molar-refractivity contribution in [2.75, 3.05) is 55.0 Å². The number of morpholine rings is 1. The van der Waals surface area contributed by atoms with Gasteiger partial charge in [-0.05, 0) is 40.2 Å². The highest BCUT2D eigenvalue weighted by molar-refractivity contribution is 7.23. The second-order valence-electron chi connectivity index (χ2n) is 9.64. The average Bonchev–Trinajstić information content (AvgIpc) is 3.30. The van der Waals surface area contributed by atoms with Crippen LogP contribution in [0.25, 0.3) is 21.6 Å². The molecule has 1 amide bonds. The summed E-state index contributed by atoms with van der Waals surface area (Å²) in [7, 11) is 0. The van der Waals surface area contributed by atoms with Gasteiger partial charge in [0, 0.05) is 38.4 Å². The van der Waals surface area contributed by atoms with E-state index in [1.807, 2.05) is 26.8 Å². The summed E-state index contributed by atoms with van der Waals surface area (Å²) in [5.41, 5.74) is 6.28. The lowest BCUT2D eigenvalue weighted by molar-refractivity contribution is -0.143. The molecule has 0 unspecified atom stereocenters. The maximum atomic E-state index is 13.2. The molecular formula is C25H33N7O5S. The molecule has 4 rings (SSSR count). The lowest BCUT2D eigenvalue weighted by Crippen LogP contribution is -2.37. The minimum atomic E-state index is -0.686. The summed E-state index contributed by atoms with van der Waals surface area (Å²) >= 11 is 1.41. The Bertz CT molecular complexity index is 1270. The van der Waals surface area contributed by atoms with Gasteiger partial charge in [-0.15, -0.1) is 11.3 Å². The van der Waals surface area contributed by atoms with E-state index in [4.69, 9.17) is 29.9 Å². The number of carbonyl (C=O) groups is 2. The van der Waals surface area contributed by atoms with Crippen LogP contribution in [0.15, 0.2) is 18.5 Å². The van der Waals surface area contributed by atoms with Crippen LogP contribution in [0, 0.1) is 0 Å². The lowest BCUT2D eigenvalue weighted by Gasteiger charge is -2.28. The molecule has 1 aliphatic heterocycles. The van der Waals surface area contributed by atoms with E-state index in [1.54, 1.807) is 24.2 Å². The van der Waals surface area contributed by atoms with Crippen molar-refractivity contribution in [1.82, 2.24) is 19.9 Å². The number of carbonyl (C=O) groups excluding carboxylic acids is 2. The van der Waals surface area contributed by atoms with E-state index in [1.165, 1.54) is 11.3 Å². The number of fused-ring (bicyclic) bond motifs is 1. The van der Waals surface area contributed by atoms with E-state index in [0.717, 1.165) is 10.5 Å². The third-order valence-corrected chi connectivity index (χ3v) is 6.67. The van der Waals surface area contributed by atoms with Crippen molar-refractivity contribution in [3.63, 3.8) is 0 Å². The molecule has 1 fully saturated rings. The Morgan fingerprint density at radius 1 is 1.18 bits per heavy atom. The number of nitrogens with zero attached hydrogens (tertiary/aromatic N) is 6. The van der Waals surface area contributed by atoms with Gasteiger partial charge in [0.1, 0.15) is 10.6 Å². The highest BCUT2D eigenvalue weighted by atomic mass is 32.1. The standard InChI is InChI=1S/C25H33N7O5S/c1-5-36-19(33)7-6-8-32(24(34)37-25(2,3)4)18-13-17-20(38-18)22(31-9-11-35-12-10-31)30-21(29-17)16-14-27-23(26)28-15-16/h13-15H,5-12H2,1-4H3,(H2,26,27,28). The Kier molecular flexibility index (Phi) is 8.57. The topological polar surface area (TPSA) is 146 Å². The molecule has 0 aliphatic carbocycles. The zero-order chi connectivity index (χ0) is 27.3. The molecule has 2 N–H and O–H groups in total. The van der Waals surface area contributed by atoms with Crippen LogP contribution in [0.3, 0.4) is 0 Å². The predicted molar refractivity (Wildman–Crippen MR) is 145 cm³/mol. The molecule has 0 saturated carbocycles. The fraction of sp³-hybridized carbons (Fsp3) is 0.520. The molecule has 4 heterocycles. The monoisotopic (exact) mass is 543 g/mol. The van der Waals surface area contributed by atoms with Crippen LogP contribution >= 0.6 is 11.3 Å². The van der Waals surface area contributed by atoms with Crippen molar-refractivity contribution < 1.29 is 23.8 Å². The summed E-state index contributed by atoms with van der Waals surface area (Å²) in [5, 5.41) is 0.646. The van der Waals surface area contributed by atoms with Gasteiger partial charge in [-0.2, -0.15) is 0 Å². The molecular weight excluding hydrogens is 510 g/mol. The number of nitrogen functional groups attached to an aromatic ring is 1. The molecule has 0 radical (unpaired) electrons. The van der Waals surface area contributed by atoms with Crippen LogP contribution in [-0.4, -0.2) is 77.1 Å². The van der Waals surface area contributed by atoms with Crippen LogP contribution in [0.2, 0.25) is 0 Å². The summed E-state index contributed by atoms with van der Waals surface area (Å²) in [6.45, 7) is 10.3. The molecule has 0 atom stereocenters. The number of hydrogen-bond donors (Lipinski definition) is 1. The highest BCUT2D eigenvalue weighted by Crippen LogP contribution is 2.39. The minimum Gasteiger partial charge on any atom is -0.466 e. The molecule has 0 aromatic carbocycles. The van der Waals surface area contributed by atoms with E-state index in [9.17, 15) is 9.59 Å². The summed E-state index contributed by atoms with van der Waals surface area (Å²) in [6, 6.07) is 1.85. The summed E-state index contributed by atoms with van der Waals surface area (Å²) in [4.78, 5) is 46.6. The smallest absolute Gasteiger partial charge is 0.415 e. The second kappa shape index (κ2) is 11.9. The highest BCUT2D eigenvalue weighted by Gasteiger charge is 2.27. The molecule has 1 aliphatic rings. The van der Waals surface area contributed by atoms with Crippen molar-refractivity contribution in [1.29, 1.82) is 0 Å². The number of thiophene rings is 1. The van der Waals surface area contributed by atoms with E-state index < -0.39 is 11.7 Å². The van der Waals surface area contributed by atoms with E-state index >= 15 is 0 Å². The first-order valence-electron chi connectivity index (χ1n) is 12.5. The van der Waals surface area contributed by atoms with Crippen molar-refractivity contribution in [2.24, 2.45) is 0 Å². The van der Waals surface area contributed by atoms with Gasteiger partial charge in [-0.25, -0.2) is 24.7 Å². The van der Waals surface area contributed by atoms with Gasteiger partial charge >= 0.3 is 12.1 Å². The minimum absolute atomic E-state index is 0.164. The molecule has 3 aromatic rings. The first kappa shape index (κ1) is 27.5. The summed E-state index contributed by atoms with van der Waals surface area (Å²) in [5.74, 6) is 1.06. The Morgan fingerprint density at radius 2 is 1.89 bits per heavy atom. The fourth-order valence-electron chi connectivity index (χ4n) is 3.83. The zero-order valence-corrected chi connectivity index (χ0v) is 22.9. The van der Waals surface area contributed by atoms with Gasteiger partial charge in [0.15, 0.2) is 11.6 Å². The number of nitrogens with two attached hydrogens (primary N) is 1. The second-order valence-corrected chi connectivity index (χ2v) is 10.7. The third-order valence-electron chi connectivity index (χ3n) is 5.53. The first-order valence-corrected chi connectivity index (χ1v) is 13.3. The van der Waals surface area contributed by atoms with Crippen molar-refractivity contribution in [3.05, 3.63) is 18.5 Å². The van der Waals surface area contributed by atoms with Gasteiger partial charge in [0.2, 0.25) is 5.95 Å². The zero-order valence-electron chi connectivity index (χ0n) is 22.1. The fourth-order valence-corrected chi connectivity index (χ4v) is 4.96. The SMILES string of the molecule is CCOC(=O)CCCN(C(=O)OC(C)(C)C)c1cc2nc(-c3cnc(N)nc3)nc(N3CCOCC3)c2s1. The van der Waals surface area contributed by atoms with Crippen LogP contribution in [-0.2, 0) is 19.0 Å². The molecule has 1 saturated heterocycles. The number of hydrogen-bond acceptors (Lipinski definition) is 12. The number of ether oxygens (including phenoxy) is 3. The third kappa shape index (κ3) is 6.84. The predicted octanol–water partition coefficient (Wildman–Crippen LogP) is 3.65. The van der Waals surface area contributed by atoms with Crippen molar-refractivity contribution >= 4 is 50.4 Å². The Balaban J connectivity index is 1.74. The molecule has 0 spiro atoms. The largest absolute Gasteiger partial charge is 0.466 e. The van der Waals surface area contributed by atoms with E-state index in [2.05, 4.69) is 14.9 Å². The molecule has 12 nitrogen and oxygen atoms in total. The first-order chi connectivity index (χ1) is 18.1. The van der Waals surface area contributed by atoms with Crippen LogP contribution in [0.4, 0.5) is 21.6 Å². The molecule has 3 aromatic heterocycles. The number of esters is 1. The average molecular weight is 544 g/mol. The maximum Gasteiger partial charge on any atom is 0.415 e. The van der Waals surface area contributed by atoms with Gasteiger partial charge < -0.3 is 24.8 Å². The van der Waals surface area contributed by atoms with Crippen molar-refractivity contribution in [2.45, 2.75) is 46.1 Å². The summed E-state index contributed by atoms with van der Waals surface area (Å²) < 4.78 is 17.1.